The second-order valence-corrected chi connectivity index (χ2v) is 9.00. The number of nitrogens with zero attached hydrogens (tertiary/aromatic N) is 2. The lowest BCUT2D eigenvalue weighted by atomic mass is 10.1. The fourth-order valence-corrected chi connectivity index (χ4v) is 3.33. The molecule has 3 rings (SSSR count). The largest absolute Gasteiger partial charge is 0.494 e. The van der Waals surface area contributed by atoms with E-state index in [0.717, 1.165) is 0 Å². The average molecular weight is 559 g/mol. The van der Waals surface area contributed by atoms with Gasteiger partial charge in [-0.2, -0.15) is 18.4 Å². The molecule has 1 atom stereocenters. The molecule has 200 valence electrons. The normalized spacial score (nSPS) is 11.6. The van der Waals surface area contributed by atoms with Gasteiger partial charge in [-0.3, -0.25) is 13.9 Å². The van der Waals surface area contributed by atoms with E-state index in [1.807, 2.05) is 0 Å². The van der Waals surface area contributed by atoms with Gasteiger partial charge in [0.25, 0.3) is 5.91 Å². The molecule has 0 bridgehead atoms. The number of nitrogen functional groups attached to an aromatic ring is 3. The van der Waals surface area contributed by atoms with Gasteiger partial charge in [-0.05, 0) is 59.8 Å². The lowest BCUT2D eigenvalue weighted by Gasteiger charge is -2.10. The predicted molar refractivity (Wildman–Crippen MR) is 133 cm³/mol. The number of carbonyl (C=O) groups is 1. The third kappa shape index (κ3) is 10.3. The Morgan fingerprint density at radius 3 is 2.22 bits per heavy atom. The highest BCUT2D eigenvalue weighted by molar-refractivity contribution is 7.80. The first kappa shape index (κ1) is 29.3. The summed E-state index contributed by atoms with van der Waals surface area (Å²) < 4.78 is 64.0. The summed E-state index contributed by atoms with van der Waals surface area (Å²) in [6.07, 6.45) is 1.16. The number of rotatable bonds is 9. The maximum atomic E-state index is 12.4. The second kappa shape index (κ2) is 13.4. The Morgan fingerprint density at radius 2 is 1.65 bits per heavy atom. The number of aromatic nitrogens is 2. The van der Waals surface area contributed by atoms with Crippen LogP contribution in [-0.4, -0.2) is 44.2 Å². The van der Waals surface area contributed by atoms with Gasteiger partial charge >= 0.3 is 10.4 Å². The minimum atomic E-state index is -4.67. The van der Waals surface area contributed by atoms with Gasteiger partial charge in [0.1, 0.15) is 17.4 Å². The van der Waals surface area contributed by atoms with Gasteiger partial charge < -0.3 is 27.3 Å². The van der Waals surface area contributed by atoms with Crippen LogP contribution in [0.1, 0.15) is 22.3 Å². The van der Waals surface area contributed by atoms with E-state index in [0.29, 0.717) is 36.4 Å². The number of hydrogen-bond donors (Lipinski definition) is 6. The van der Waals surface area contributed by atoms with Crippen LogP contribution in [0.3, 0.4) is 0 Å². The Morgan fingerprint density at radius 1 is 1.05 bits per heavy atom. The Kier molecular flexibility index (Phi) is 10.6. The number of hydrogen-bond acceptors (Lipinski definition) is 11. The second-order valence-electron chi connectivity index (χ2n) is 7.03. The van der Waals surface area contributed by atoms with Crippen molar-refractivity contribution in [1.29, 1.82) is 0 Å². The highest BCUT2D eigenvalue weighted by Crippen LogP contribution is 2.20. The molecule has 14 nitrogen and oxygen atoms in total. The number of nitrogens with one attached hydrogen (secondary N) is 1. The first-order valence-electron chi connectivity index (χ1n) is 10.1. The van der Waals surface area contributed by atoms with Crippen LogP contribution >= 0.6 is 0 Å². The molecule has 1 amide bonds. The number of anilines is 4. The molecule has 0 fully saturated rings. The number of benzene rings is 2. The Balaban J connectivity index is 0.000000877. The average Bonchev–Trinajstić information content (AvgIpc) is 2.82. The van der Waals surface area contributed by atoms with Gasteiger partial charge in [0, 0.05) is 16.8 Å². The third-order valence-corrected chi connectivity index (χ3v) is 5.14. The maximum absolute atomic E-state index is 12.4. The van der Waals surface area contributed by atoms with Crippen molar-refractivity contribution in [2.75, 3.05) is 29.1 Å². The van der Waals surface area contributed by atoms with E-state index in [1.165, 1.54) is 24.3 Å². The summed E-state index contributed by atoms with van der Waals surface area (Å²) in [6.45, 7) is 0.398. The molecular weight excluding hydrogens is 535 g/mol. The van der Waals surface area contributed by atoms with Crippen LogP contribution in [0.15, 0.2) is 53.4 Å². The zero-order valence-electron chi connectivity index (χ0n) is 18.9. The fourth-order valence-electron chi connectivity index (χ4n) is 2.85. The smallest absolute Gasteiger partial charge is 0.394 e. The molecule has 2 aromatic carbocycles. The molecule has 37 heavy (non-hydrogen) atoms. The van der Waals surface area contributed by atoms with E-state index >= 15 is 0 Å². The molecule has 1 heterocycles. The molecule has 0 saturated carbocycles. The van der Waals surface area contributed by atoms with E-state index < -0.39 is 27.4 Å². The van der Waals surface area contributed by atoms with E-state index in [1.54, 1.807) is 24.3 Å². The lowest BCUT2D eigenvalue weighted by Crippen LogP contribution is -2.12. The van der Waals surface area contributed by atoms with Gasteiger partial charge in [0.05, 0.1) is 11.5 Å². The minimum Gasteiger partial charge on any atom is -0.494 e. The number of halogens is 1. The number of carbonyl (C=O) groups excluding carboxylic acids is 1. The highest BCUT2D eigenvalue weighted by atomic mass is 32.3. The van der Waals surface area contributed by atoms with Crippen LogP contribution < -0.4 is 27.3 Å². The summed E-state index contributed by atoms with van der Waals surface area (Å²) in [4.78, 5) is 20.2. The molecule has 0 saturated heterocycles. The zero-order chi connectivity index (χ0) is 27.6. The zero-order valence-corrected chi connectivity index (χ0v) is 20.5. The molecule has 9 N–H and O–H groups in total. The topological polar surface area (TPSA) is 243 Å². The van der Waals surface area contributed by atoms with Gasteiger partial charge in [-0.25, -0.2) is 4.21 Å². The fraction of sp³-hybridized carbons (Fsp3) is 0.150. The molecule has 0 aliphatic carbocycles. The molecule has 0 aliphatic rings. The van der Waals surface area contributed by atoms with Crippen molar-refractivity contribution in [3.8, 4) is 5.75 Å². The summed E-state index contributed by atoms with van der Waals surface area (Å²) in [5.74, 6) is 0.698. The minimum absolute atomic E-state index is 0.0311. The lowest BCUT2D eigenvalue weighted by molar-refractivity contribution is 0.0125. The van der Waals surface area contributed by atoms with Crippen molar-refractivity contribution in [3.05, 3.63) is 59.7 Å². The molecule has 3 aromatic rings. The first-order chi connectivity index (χ1) is 17.4. The van der Waals surface area contributed by atoms with Crippen molar-refractivity contribution >= 4 is 50.7 Å². The van der Waals surface area contributed by atoms with Gasteiger partial charge in [-0.1, -0.05) is 10.5 Å². The molecule has 0 radical (unpaired) electrons. The standard InChI is InChI=1S/C20H21FN6O4S.H2O4S/c21-31-32(29)15-4-1-3-12(11-15)19(28)25-13-6-8-14(9-7-13)30-10-2-5-16-17(22)26-20(24)27-18(16)23;1-5(2,3)4/h1,3-4,6-9,11H,2,5,10H2,(H,25,28)(H6,22,23,24,26,27);(H2,1,2,3,4). The van der Waals surface area contributed by atoms with Crippen molar-refractivity contribution in [2.45, 2.75) is 17.7 Å². The van der Waals surface area contributed by atoms with Crippen LogP contribution in [0.4, 0.5) is 27.8 Å². The summed E-state index contributed by atoms with van der Waals surface area (Å²) in [5, 5.41) is 2.70. The molecule has 1 unspecified atom stereocenters. The SMILES string of the molecule is Nc1nc(N)c(CCCOc2ccc(NC(=O)c3cccc(S(=O)OF)c3)cc2)c(N)n1.O=S(=O)(O)O. The third-order valence-electron chi connectivity index (χ3n) is 4.39. The summed E-state index contributed by atoms with van der Waals surface area (Å²) >= 11 is -2.28. The summed E-state index contributed by atoms with van der Waals surface area (Å²) in [6, 6.07) is 12.4. The molecular formula is C20H23FN6O8S2. The van der Waals surface area contributed by atoms with E-state index in [2.05, 4.69) is 19.7 Å². The van der Waals surface area contributed by atoms with Crippen molar-refractivity contribution in [1.82, 2.24) is 9.97 Å². The van der Waals surface area contributed by atoms with Gasteiger partial charge in [-0.15, -0.1) is 0 Å². The van der Waals surface area contributed by atoms with Crippen molar-refractivity contribution in [2.24, 2.45) is 0 Å². The molecule has 0 spiro atoms. The Hall–Kier alpha value is -3.90. The quantitative estimate of drug-likeness (QED) is 0.162. The van der Waals surface area contributed by atoms with Gasteiger partial charge in [0.15, 0.2) is 0 Å². The number of nitrogens with two attached hydrogens (primary N) is 3. The predicted octanol–water partition coefficient (Wildman–Crippen LogP) is 1.76. The maximum Gasteiger partial charge on any atom is 0.394 e. The van der Waals surface area contributed by atoms with Crippen LogP contribution in [0.25, 0.3) is 0 Å². The van der Waals surface area contributed by atoms with Crippen LogP contribution in [0.5, 0.6) is 5.75 Å². The van der Waals surface area contributed by atoms with Crippen molar-refractivity contribution in [3.63, 3.8) is 0 Å². The van der Waals surface area contributed by atoms with Gasteiger partial charge in [0.2, 0.25) is 17.0 Å². The van der Waals surface area contributed by atoms with Crippen LogP contribution in [0.2, 0.25) is 0 Å². The molecule has 1 aromatic heterocycles. The number of ether oxygens (including phenoxy) is 1. The first-order valence-corrected chi connectivity index (χ1v) is 12.6. The Bertz CT molecular complexity index is 1330. The summed E-state index contributed by atoms with van der Waals surface area (Å²) in [7, 11) is -4.67. The van der Waals surface area contributed by atoms with Crippen LogP contribution in [-0.2, 0) is 32.3 Å². The van der Waals surface area contributed by atoms with Crippen LogP contribution in [0, 0.1) is 0 Å². The van der Waals surface area contributed by atoms with E-state index in [-0.39, 0.29) is 28.0 Å². The molecule has 0 aliphatic heterocycles. The van der Waals surface area contributed by atoms with E-state index in [4.69, 9.17) is 39.5 Å². The molecule has 17 heteroatoms. The summed E-state index contributed by atoms with van der Waals surface area (Å²) in [5.41, 5.74) is 18.5. The number of amides is 1. The monoisotopic (exact) mass is 558 g/mol. The van der Waals surface area contributed by atoms with Crippen molar-refractivity contribution < 1.29 is 40.2 Å². The van der Waals surface area contributed by atoms with E-state index in [9.17, 15) is 13.5 Å². The highest BCUT2D eigenvalue weighted by Gasteiger charge is 2.11. The Labute approximate surface area is 213 Å².